The maximum absolute atomic E-state index is 9.84. The summed E-state index contributed by atoms with van der Waals surface area (Å²) in [6, 6.07) is 0. The van der Waals surface area contributed by atoms with Crippen LogP contribution in [0, 0.1) is 0 Å². The first-order valence-corrected chi connectivity index (χ1v) is 5.78. The van der Waals surface area contributed by atoms with Gasteiger partial charge in [-0.3, -0.25) is 4.79 Å². The molecular formula is C11H22NO5. The van der Waals surface area contributed by atoms with E-state index in [1.165, 1.54) is 0 Å². The Labute approximate surface area is 102 Å². The highest BCUT2D eigenvalue weighted by Crippen LogP contribution is 1.83. The Morgan fingerprint density at radius 1 is 0.706 bits per heavy atom. The fraction of sp³-hybridized carbons (Fsp3) is 0.909. The number of ether oxygens (including phenoxy) is 4. The molecule has 0 aliphatic heterocycles. The normalized spacial score (nSPS) is 10.6. The van der Waals surface area contributed by atoms with Crippen LogP contribution in [0.3, 0.4) is 0 Å². The van der Waals surface area contributed by atoms with Crippen LogP contribution in [0.4, 0.5) is 0 Å². The number of hydrogen-bond acceptors (Lipinski definition) is 6. The van der Waals surface area contributed by atoms with Gasteiger partial charge in [0.05, 0.1) is 52.9 Å². The zero-order chi connectivity index (χ0) is 12.6. The van der Waals surface area contributed by atoms with Gasteiger partial charge in [-0.25, -0.2) is 0 Å². The lowest BCUT2D eigenvalue weighted by Gasteiger charge is -2.06. The Balaban J connectivity index is 2.87. The zero-order valence-corrected chi connectivity index (χ0v) is 10.2. The van der Waals surface area contributed by atoms with Crippen LogP contribution in [0.1, 0.15) is 6.42 Å². The highest BCUT2D eigenvalue weighted by molar-refractivity contribution is 5.50. The molecule has 6 heteroatoms. The lowest BCUT2D eigenvalue weighted by Crippen LogP contribution is -2.14. The molecule has 0 aromatic carbocycles. The van der Waals surface area contributed by atoms with E-state index in [9.17, 15) is 4.79 Å². The van der Waals surface area contributed by atoms with Crippen molar-refractivity contribution < 1.29 is 23.7 Å². The molecular weight excluding hydrogens is 226 g/mol. The molecule has 0 spiro atoms. The van der Waals surface area contributed by atoms with Crippen LogP contribution >= 0.6 is 0 Å². The van der Waals surface area contributed by atoms with Crippen LogP contribution in [-0.4, -0.2) is 65.7 Å². The third-order valence-corrected chi connectivity index (χ3v) is 1.73. The molecule has 0 heterocycles. The van der Waals surface area contributed by atoms with Crippen molar-refractivity contribution in [2.75, 3.05) is 59.4 Å². The molecule has 2 N–H and O–H groups in total. The maximum atomic E-state index is 9.84. The molecule has 0 amide bonds. The van der Waals surface area contributed by atoms with Crippen molar-refractivity contribution in [3.8, 4) is 0 Å². The number of nitrogens with two attached hydrogens (primary N) is 1. The van der Waals surface area contributed by atoms with E-state index in [0.29, 0.717) is 65.8 Å². The van der Waals surface area contributed by atoms with Gasteiger partial charge in [0.15, 0.2) is 0 Å². The Hall–Kier alpha value is -0.530. The summed E-state index contributed by atoms with van der Waals surface area (Å²) in [7, 11) is 0. The summed E-state index contributed by atoms with van der Waals surface area (Å²) in [6.07, 6.45) is 2.06. The molecule has 0 saturated heterocycles. The topological polar surface area (TPSA) is 80.0 Å². The van der Waals surface area contributed by atoms with E-state index in [2.05, 4.69) is 0 Å². The average Bonchev–Trinajstić information content (AvgIpc) is 2.35. The van der Waals surface area contributed by atoms with Crippen LogP contribution in [0.15, 0.2) is 0 Å². The van der Waals surface area contributed by atoms with Crippen LogP contribution in [-0.2, 0) is 23.7 Å². The van der Waals surface area contributed by atoms with Crippen molar-refractivity contribution in [2.45, 2.75) is 6.42 Å². The molecule has 0 saturated carbocycles. The summed E-state index contributed by atoms with van der Waals surface area (Å²) >= 11 is 0. The van der Waals surface area contributed by atoms with Crippen LogP contribution in [0.5, 0.6) is 0 Å². The standard InChI is InChI=1S/C11H22NO5/c12-2-5-15-7-9-17-11-10-16-8-6-14-4-1-3-13/h1-2,4-12H2. The smallest absolute Gasteiger partial charge is 0.200 e. The molecule has 6 nitrogen and oxygen atoms in total. The summed E-state index contributed by atoms with van der Waals surface area (Å²) in [5, 5.41) is 0. The molecule has 0 fully saturated rings. The molecule has 0 aromatic rings. The molecule has 0 unspecified atom stereocenters. The van der Waals surface area contributed by atoms with E-state index in [0.717, 1.165) is 0 Å². The largest absolute Gasteiger partial charge is 0.379 e. The van der Waals surface area contributed by atoms with Crippen LogP contribution in [0.2, 0.25) is 0 Å². The van der Waals surface area contributed by atoms with Gasteiger partial charge < -0.3 is 24.7 Å². The Morgan fingerprint density at radius 3 is 1.53 bits per heavy atom. The van der Waals surface area contributed by atoms with Gasteiger partial charge in [0.25, 0.3) is 0 Å². The van der Waals surface area contributed by atoms with Gasteiger partial charge in [-0.1, -0.05) is 0 Å². The van der Waals surface area contributed by atoms with Crippen LogP contribution < -0.4 is 5.73 Å². The maximum Gasteiger partial charge on any atom is 0.200 e. The quantitative estimate of drug-likeness (QED) is 0.418. The van der Waals surface area contributed by atoms with E-state index in [1.807, 2.05) is 0 Å². The summed E-state index contributed by atoms with van der Waals surface area (Å²) < 4.78 is 20.7. The van der Waals surface area contributed by atoms with E-state index in [4.69, 9.17) is 24.7 Å². The molecule has 0 aliphatic carbocycles. The molecule has 0 aliphatic rings. The average molecular weight is 248 g/mol. The van der Waals surface area contributed by atoms with Crippen molar-refractivity contribution in [1.29, 1.82) is 0 Å². The molecule has 101 valence electrons. The molecule has 0 bridgehead atoms. The second-order valence-corrected chi connectivity index (χ2v) is 3.13. The summed E-state index contributed by atoms with van der Waals surface area (Å²) in [4.78, 5) is 9.84. The zero-order valence-electron chi connectivity index (χ0n) is 10.2. The fourth-order valence-electron chi connectivity index (χ4n) is 0.959. The predicted molar refractivity (Wildman–Crippen MR) is 62.6 cm³/mol. The van der Waals surface area contributed by atoms with E-state index >= 15 is 0 Å². The monoisotopic (exact) mass is 248 g/mol. The Morgan fingerprint density at radius 2 is 1.12 bits per heavy atom. The van der Waals surface area contributed by atoms with Gasteiger partial charge in [-0.15, -0.1) is 0 Å². The van der Waals surface area contributed by atoms with Crippen molar-refractivity contribution in [2.24, 2.45) is 5.73 Å². The van der Waals surface area contributed by atoms with Gasteiger partial charge in [0, 0.05) is 13.0 Å². The lowest BCUT2D eigenvalue weighted by atomic mass is 10.5. The van der Waals surface area contributed by atoms with Gasteiger partial charge in [-0.2, -0.15) is 0 Å². The first-order valence-electron chi connectivity index (χ1n) is 5.78. The molecule has 17 heavy (non-hydrogen) atoms. The van der Waals surface area contributed by atoms with Gasteiger partial charge in [-0.05, 0) is 0 Å². The highest BCUT2D eigenvalue weighted by atomic mass is 16.6. The minimum Gasteiger partial charge on any atom is -0.379 e. The van der Waals surface area contributed by atoms with Gasteiger partial charge >= 0.3 is 0 Å². The third kappa shape index (κ3) is 15.5. The van der Waals surface area contributed by atoms with Crippen LogP contribution in [0.25, 0.3) is 0 Å². The SMILES string of the molecule is NCCOCCOCCOCCOCC[C]=O. The third-order valence-electron chi connectivity index (χ3n) is 1.73. The van der Waals surface area contributed by atoms with Crippen molar-refractivity contribution in [3.05, 3.63) is 0 Å². The van der Waals surface area contributed by atoms with E-state index < -0.39 is 0 Å². The molecule has 0 atom stereocenters. The molecule has 0 rings (SSSR count). The van der Waals surface area contributed by atoms with Gasteiger partial charge in [0.1, 0.15) is 0 Å². The number of hydrogen-bond donors (Lipinski definition) is 1. The number of rotatable bonds is 14. The van der Waals surface area contributed by atoms with E-state index in [1.54, 1.807) is 6.29 Å². The van der Waals surface area contributed by atoms with Crippen molar-refractivity contribution in [1.82, 2.24) is 0 Å². The fourth-order valence-corrected chi connectivity index (χ4v) is 0.959. The van der Waals surface area contributed by atoms with Gasteiger partial charge in [0.2, 0.25) is 6.29 Å². The lowest BCUT2D eigenvalue weighted by molar-refractivity contribution is -0.000287. The molecule has 1 radical (unpaired) electrons. The summed E-state index contributed by atoms with van der Waals surface area (Å²) in [5.74, 6) is 0. The Kier molecular flexibility index (Phi) is 15.0. The first-order chi connectivity index (χ1) is 8.41. The van der Waals surface area contributed by atoms with Crippen molar-refractivity contribution in [3.63, 3.8) is 0 Å². The second kappa shape index (κ2) is 15.5. The number of carbonyl (C=O) groups excluding carboxylic acids is 1. The Bertz CT molecular complexity index is 157. The summed E-state index contributed by atoms with van der Waals surface area (Å²) in [5.41, 5.74) is 5.25. The molecule has 0 aromatic heterocycles. The second-order valence-electron chi connectivity index (χ2n) is 3.13. The highest BCUT2D eigenvalue weighted by Gasteiger charge is 1.92. The summed E-state index contributed by atoms with van der Waals surface area (Å²) in [6.45, 7) is 4.67. The minimum atomic E-state index is 0.311. The van der Waals surface area contributed by atoms with Crippen molar-refractivity contribution >= 4 is 6.29 Å². The predicted octanol–water partition coefficient (Wildman–Crippen LogP) is -0.489. The first kappa shape index (κ1) is 16.5. The van der Waals surface area contributed by atoms with E-state index in [-0.39, 0.29) is 0 Å². The minimum absolute atomic E-state index is 0.311.